The van der Waals surface area contributed by atoms with E-state index in [1.54, 1.807) is 38.4 Å². The van der Waals surface area contributed by atoms with E-state index in [-0.39, 0.29) is 5.91 Å². The minimum atomic E-state index is -1.12. The van der Waals surface area contributed by atoms with Crippen LogP contribution >= 0.6 is 0 Å². The monoisotopic (exact) mass is 208 g/mol. The lowest BCUT2D eigenvalue weighted by molar-refractivity contribution is 0.0827. The van der Waals surface area contributed by atoms with Crippen molar-refractivity contribution in [3.63, 3.8) is 0 Å². The summed E-state index contributed by atoms with van der Waals surface area (Å²) in [5.41, 5.74) is 0.966. The van der Waals surface area contributed by atoms with Gasteiger partial charge in [-0.05, 0) is 24.3 Å². The van der Waals surface area contributed by atoms with Crippen LogP contribution < -0.4 is 5.32 Å². The third-order valence-electron chi connectivity index (χ3n) is 1.79. The van der Waals surface area contributed by atoms with Crippen molar-refractivity contribution in [1.29, 1.82) is 0 Å². The van der Waals surface area contributed by atoms with Gasteiger partial charge in [-0.3, -0.25) is 10.1 Å². The Balaban J connectivity index is 2.81. The summed E-state index contributed by atoms with van der Waals surface area (Å²) in [5, 5.41) is 10.6. The first-order valence-electron chi connectivity index (χ1n) is 4.32. The van der Waals surface area contributed by atoms with E-state index in [1.165, 1.54) is 4.90 Å². The number of carbonyl (C=O) groups excluding carboxylic acids is 1. The molecule has 1 aromatic rings. The maximum Gasteiger partial charge on any atom is 0.409 e. The van der Waals surface area contributed by atoms with Gasteiger partial charge >= 0.3 is 6.09 Å². The van der Waals surface area contributed by atoms with E-state index in [9.17, 15) is 9.59 Å². The normalized spacial score (nSPS) is 9.47. The summed E-state index contributed by atoms with van der Waals surface area (Å²) in [4.78, 5) is 23.2. The maximum atomic E-state index is 11.5. The fourth-order valence-corrected chi connectivity index (χ4v) is 1.08. The smallest absolute Gasteiger partial charge is 0.409 e. The third-order valence-corrected chi connectivity index (χ3v) is 1.79. The number of rotatable bonds is 2. The van der Waals surface area contributed by atoms with Crippen molar-refractivity contribution in [2.24, 2.45) is 0 Å². The van der Waals surface area contributed by atoms with Crippen LogP contribution in [-0.2, 0) is 0 Å². The highest BCUT2D eigenvalue weighted by Gasteiger charge is 2.07. The summed E-state index contributed by atoms with van der Waals surface area (Å²) in [6.07, 6.45) is -1.12. The largest absolute Gasteiger partial charge is 0.465 e. The van der Waals surface area contributed by atoms with Crippen molar-refractivity contribution < 1.29 is 14.7 Å². The lowest BCUT2D eigenvalue weighted by atomic mass is 10.2. The quantitative estimate of drug-likeness (QED) is 0.773. The van der Waals surface area contributed by atoms with Crippen molar-refractivity contribution in [3.8, 4) is 0 Å². The zero-order valence-electron chi connectivity index (χ0n) is 8.52. The Bertz CT molecular complexity index is 371. The molecule has 15 heavy (non-hydrogen) atoms. The van der Waals surface area contributed by atoms with Crippen LogP contribution in [0.1, 0.15) is 10.4 Å². The minimum absolute atomic E-state index is 0.114. The molecule has 0 aliphatic heterocycles. The maximum absolute atomic E-state index is 11.5. The SMILES string of the molecule is CN(C)C(=O)c1ccc(NC(=O)O)cc1. The molecule has 0 atom stereocenters. The summed E-state index contributed by atoms with van der Waals surface area (Å²) in [7, 11) is 3.32. The van der Waals surface area contributed by atoms with E-state index >= 15 is 0 Å². The molecule has 0 aliphatic carbocycles. The number of hydrogen-bond acceptors (Lipinski definition) is 2. The van der Waals surface area contributed by atoms with Gasteiger partial charge in [0, 0.05) is 25.3 Å². The molecule has 5 heteroatoms. The molecule has 0 fully saturated rings. The van der Waals surface area contributed by atoms with Crippen LogP contribution in [0.15, 0.2) is 24.3 Å². The number of hydrogen-bond donors (Lipinski definition) is 2. The lowest BCUT2D eigenvalue weighted by Gasteiger charge is -2.10. The van der Waals surface area contributed by atoms with Crippen LogP contribution in [0.25, 0.3) is 0 Å². The second kappa shape index (κ2) is 4.45. The summed E-state index contributed by atoms with van der Waals surface area (Å²) in [5.74, 6) is -0.114. The minimum Gasteiger partial charge on any atom is -0.465 e. The molecule has 0 aliphatic rings. The molecule has 0 aromatic heterocycles. The number of nitrogens with zero attached hydrogens (tertiary/aromatic N) is 1. The Kier molecular flexibility index (Phi) is 3.28. The average Bonchev–Trinajstić information content (AvgIpc) is 2.17. The molecule has 5 nitrogen and oxygen atoms in total. The van der Waals surface area contributed by atoms with Gasteiger partial charge in [-0.1, -0.05) is 0 Å². The van der Waals surface area contributed by atoms with Gasteiger partial charge in [0.1, 0.15) is 0 Å². The van der Waals surface area contributed by atoms with Crippen LogP contribution in [0.3, 0.4) is 0 Å². The molecule has 0 radical (unpaired) electrons. The Morgan fingerprint density at radius 3 is 2.13 bits per heavy atom. The van der Waals surface area contributed by atoms with Gasteiger partial charge in [0.15, 0.2) is 0 Å². The first-order chi connectivity index (χ1) is 7.00. The van der Waals surface area contributed by atoms with Crippen molar-refractivity contribution >= 4 is 17.7 Å². The first-order valence-corrected chi connectivity index (χ1v) is 4.32. The number of carbonyl (C=O) groups is 2. The number of benzene rings is 1. The molecular formula is C10H12N2O3. The number of amides is 2. The molecule has 0 unspecified atom stereocenters. The van der Waals surface area contributed by atoms with E-state index in [0.29, 0.717) is 11.3 Å². The highest BCUT2D eigenvalue weighted by molar-refractivity contribution is 5.94. The van der Waals surface area contributed by atoms with Crippen molar-refractivity contribution in [2.75, 3.05) is 19.4 Å². The predicted molar refractivity (Wildman–Crippen MR) is 56.1 cm³/mol. The molecule has 0 saturated carbocycles. The van der Waals surface area contributed by atoms with Crippen molar-refractivity contribution in [1.82, 2.24) is 4.90 Å². The van der Waals surface area contributed by atoms with E-state index in [4.69, 9.17) is 5.11 Å². The van der Waals surface area contributed by atoms with Gasteiger partial charge in [0.25, 0.3) is 5.91 Å². The van der Waals surface area contributed by atoms with Crippen molar-refractivity contribution in [2.45, 2.75) is 0 Å². The number of carboxylic acid groups (broad SMARTS) is 1. The second-order valence-corrected chi connectivity index (χ2v) is 3.21. The standard InChI is InChI=1S/C10H12N2O3/c1-12(2)9(13)7-3-5-8(6-4-7)11-10(14)15/h3-6,11H,1-2H3,(H,14,15). The van der Waals surface area contributed by atoms with E-state index in [2.05, 4.69) is 5.32 Å². The third kappa shape index (κ3) is 2.98. The van der Waals surface area contributed by atoms with Crippen LogP contribution in [0.5, 0.6) is 0 Å². The number of anilines is 1. The average molecular weight is 208 g/mol. The van der Waals surface area contributed by atoms with Gasteiger partial charge in [-0.25, -0.2) is 4.79 Å². The topological polar surface area (TPSA) is 69.6 Å². The summed E-state index contributed by atoms with van der Waals surface area (Å²) < 4.78 is 0. The second-order valence-electron chi connectivity index (χ2n) is 3.21. The lowest BCUT2D eigenvalue weighted by Crippen LogP contribution is -2.21. The molecule has 1 rings (SSSR count). The summed E-state index contributed by atoms with van der Waals surface area (Å²) in [6.45, 7) is 0. The first kappa shape index (κ1) is 11.0. The molecule has 0 saturated heterocycles. The van der Waals surface area contributed by atoms with Crippen LogP contribution in [-0.4, -0.2) is 36.1 Å². The fourth-order valence-electron chi connectivity index (χ4n) is 1.08. The van der Waals surface area contributed by atoms with Crippen LogP contribution in [0.2, 0.25) is 0 Å². The van der Waals surface area contributed by atoms with E-state index in [1.807, 2.05) is 0 Å². The molecule has 1 aromatic carbocycles. The van der Waals surface area contributed by atoms with Gasteiger partial charge in [-0.2, -0.15) is 0 Å². The Morgan fingerprint density at radius 1 is 1.20 bits per heavy atom. The van der Waals surface area contributed by atoms with Gasteiger partial charge in [0.05, 0.1) is 0 Å². The Morgan fingerprint density at radius 2 is 1.73 bits per heavy atom. The Labute approximate surface area is 87.3 Å². The molecule has 0 spiro atoms. The Hall–Kier alpha value is -2.04. The summed E-state index contributed by atoms with van der Waals surface area (Å²) in [6, 6.07) is 6.25. The number of nitrogens with one attached hydrogen (secondary N) is 1. The molecule has 0 bridgehead atoms. The molecule has 0 heterocycles. The highest BCUT2D eigenvalue weighted by Crippen LogP contribution is 2.10. The van der Waals surface area contributed by atoms with Gasteiger partial charge in [-0.15, -0.1) is 0 Å². The molecule has 2 N–H and O–H groups in total. The van der Waals surface area contributed by atoms with Gasteiger partial charge < -0.3 is 10.0 Å². The fraction of sp³-hybridized carbons (Fsp3) is 0.200. The highest BCUT2D eigenvalue weighted by atomic mass is 16.4. The van der Waals surface area contributed by atoms with Crippen LogP contribution in [0.4, 0.5) is 10.5 Å². The van der Waals surface area contributed by atoms with E-state index in [0.717, 1.165) is 0 Å². The van der Waals surface area contributed by atoms with Crippen LogP contribution in [0, 0.1) is 0 Å². The molecular weight excluding hydrogens is 196 g/mol. The molecule has 80 valence electrons. The zero-order chi connectivity index (χ0) is 11.4. The van der Waals surface area contributed by atoms with Gasteiger partial charge in [0.2, 0.25) is 0 Å². The van der Waals surface area contributed by atoms with Crippen molar-refractivity contribution in [3.05, 3.63) is 29.8 Å². The van der Waals surface area contributed by atoms with E-state index < -0.39 is 6.09 Å². The summed E-state index contributed by atoms with van der Waals surface area (Å²) >= 11 is 0. The predicted octanol–water partition coefficient (Wildman–Crippen LogP) is 1.48. The zero-order valence-corrected chi connectivity index (χ0v) is 8.52. The molecule has 2 amide bonds.